The van der Waals surface area contributed by atoms with Crippen molar-refractivity contribution in [1.29, 1.82) is 0 Å². The zero-order valence-electron chi connectivity index (χ0n) is 12.0. The van der Waals surface area contributed by atoms with Gasteiger partial charge in [-0.25, -0.2) is 4.98 Å². The van der Waals surface area contributed by atoms with Gasteiger partial charge in [0.2, 0.25) is 0 Å². The Labute approximate surface area is 123 Å². The van der Waals surface area contributed by atoms with Gasteiger partial charge in [0.1, 0.15) is 5.92 Å². The van der Waals surface area contributed by atoms with Gasteiger partial charge in [0.25, 0.3) is 0 Å². The van der Waals surface area contributed by atoms with E-state index in [-0.39, 0.29) is 5.54 Å². The second kappa shape index (κ2) is 5.00. The number of likely N-dealkylation sites (N-methyl/N-ethyl adjacent to an activating group) is 1. The minimum atomic E-state index is -0.746. The van der Waals surface area contributed by atoms with E-state index in [9.17, 15) is 9.90 Å². The molecule has 1 unspecified atom stereocenters. The highest BCUT2D eigenvalue weighted by molar-refractivity contribution is 7.15. The maximum absolute atomic E-state index is 11.2. The number of nitrogens with zero attached hydrogens (tertiary/aromatic N) is 2. The van der Waals surface area contributed by atoms with Gasteiger partial charge in [-0.1, -0.05) is 0 Å². The molecule has 1 fully saturated rings. The molecule has 0 aliphatic heterocycles. The molecule has 1 aromatic heterocycles. The molecular weight excluding hydrogens is 274 g/mol. The maximum Gasteiger partial charge on any atom is 0.312 e. The Morgan fingerprint density at radius 3 is 2.85 bits per heavy atom. The average Bonchev–Trinajstić information content (AvgIpc) is 2.85. The molecule has 5 nitrogen and oxygen atoms in total. The fourth-order valence-corrected chi connectivity index (χ4v) is 4.18. The predicted molar refractivity (Wildman–Crippen MR) is 79.6 cm³/mol. The predicted octanol–water partition coefficient (Wildman–Crippen LogP) is 2.15. The Morgan fingerprint density at radius 2 is 2.30 bits per heavy atom. The molecule has 1 aromatic rings. The zero-order chi connectivity index (χ0) is 14.3. The Kier molecular flexibility index (Phi) is 3.46. The van der Waals surface area contributed by atoms with Crippen LogP contribution in [0, 0.1) is 0 Å². The third-order valence-corrected chi connectivity index (χ3v) is 5.91. The number of aliphatic carboxylic acids is 1. The molecule has 2 aliphatic rings. The van der Waals surface area contributed by atoms with E-state index in [0.717, 1.165) is 28.7 Å². The van der Waals surface area contributed by atoms with Gasteiger partial charge >= 0.3 is 5.97 Å². The molecule has 1 saturated carbocycles. The maximum atomic E-state index is 11.2. The van der Waals surface area contributed by atoms with Crippen molar-refractivity contribution in [3.8, 4) is 0 Å². The van der Waals surface area contributed by atoms with Crippen LogP contribution in [0.4, 0.5) is 5.13 Å². The fourth-order valence-electron chi connectivity index (χ4n) is 3.15. The van der Waals surface area contributed by atoms with E-state index in [1.54, 1.807) is 11.3 Å². The Hall–Kier alpha value is -1.14. The largest absolute Gasteiger partial charge is 0.481 e. The summed E-state index contributed by atoms with van der Waals surface area (Å²) in [5, 5.41) is 13.5. The molecule has 1 atom stereocenters. The summed E-state index contributed by atoms with van der Waals surface area (Å²) in [6.07, 6.45) is 5.27. The van der Waals surface area contributed by atoms with Gasteiger partial charge in [-0.2, -0.15) is 0 Å². The summed E-state index contributed by atoms with van der Waals surface area (Å²) in [5.74, 6) is -1.15. The van der Waals surface area contributed by atoms with Crippen molar-refractivity contribution in [2.24, 2.45) is 0 Å². The number of fused-ring (bicyclic) bond motifs is 1. The molecule has 0 radical (unpaired) electrons. The van der Waals surface area contributed by atoms with Crippen LogP contribution in [-0.4, -0.2) is 47.1 Å². The highest BCUT2D eigenvalue weighted by atomic mass is 32.1. The van der Waals surface area contributed by atoms with E-state index < -0.39 is 11.9 Å². The van der Waals surface area contributed by atoms with Crippen molar-refractivity contribution in [3.05, 3.63) is 10.6 Å². The van der Waals surface area contributed by atoms with Gasteiger partial charge in [0.05, 0.1) is 5.69 Å². The molecule has 110 valence electrons. The lowest BCUT2D eigenvalue weighted by atomic mass is 9.75. The van der Waals surface area contributed by atoms with Gasteiger partial charge in [0.15, 0.2) is 5.13 Å². The quantitative estimate of drug-likeness (QED) is 0.871. The second-order valence-corrected chi connectivity index (χ2v) is 7.17. The Balaban J connectivity index is 1.68. The molecule has 0 amide bonds. The van der Waals surface area contributed by atoms with Crippen molar-refractivity contribution in [2.75, 3.05) is 26.0 Å². The smallest absolute Gasteiger partial charge is 0.312 e. The summed E-state index contributed by atoms with van der Waals surface area (Å²) in [4.78, 5) is 19.1. The number of hydrogen-bond acceptors (Lipinski definition) is 5. The highest BCUT2D eigenvalue weighted by Gasteiger charge is 2.39. The zero-order valence-corrected chi connectivity index (χ0v) is 12.8. The molecule has 20 heavy (non-hydrogen) atoms. The molecule has 6 heteroatoms. The number of carboxylic acids is 1. The van der Waals surface area contributed by atoms with Crippen molar-refractivity contribution in [1.82, 2.24) is 9.88 Å². The molecule has 3 rings (SSSR count). The first-order valence-corrected chi connectivity index (χ1v) is 7.97. The van der Waals surface area contributed by atoms with Crippen LogP contribution in [0.5, 0.6) is 0 Å². The summed E-state index contributed by atoms with van der Waals surface area (Å²) in [5.41, 5.74) is 1.04. The normalized spacial score (nSPS) is 23.4. The summed E-state index contributed by atoms with van der Waals surface area (Å²) >= 11 is 1.63. The number of aromatic nitrogens is 1. The highest BCUT2D eigenvalue weighted by Crippen LogP contribution is 2.40. The first kappa shape index (κ1) is 13.8. The minimum Gasteiger partial charge on any atom is -0.481 e. The monoisotopic (exact) mass is 295 g/mol. The van der Waals surface area contributed by atoms with Gasteiger partial charge in [-0.05, 0) is 46.2 Å². The van der Waals surface area contributed by atoms with Crippen LogP contribution in [0.25, 0.3) is 0 Å². The van der Waals surface area contributed by atoms with E-state index in [4.69, 9.17) is 0 Å². The van der Waals surface area contributed by atoms with Crippen LogP contribution in [0.2, 0.25) is 0 Å². The molecule has 0 bridgehead atoms. The van der Waals surface area contributed by atoms with Gasteiger partial charge in [-0.15, -0.1) is 11.3 Å². The van der Waals surface area contributed by atoms with Crippen molar-refractivity contribution >= 4 is 22.4 Å². The van der Waals surface area contributed by atoms with Crippen molar-refractivity contribution in [2.45, 2.75) is 43.6 Å². The number of nitrogens with one attached hydrogen (secondary N) is 1. The average molecular weight is 295 g/mol. The lowest BCUT2D eigenvalue weighted by Gasteiger charge is -2.47. The summed E-state index contributed by atoms with van der Waals surface area (Å²) < 4.78 is 0. The number of thiazole rings is 1. The number of aryl methyl sites for hydroxylation is 1. The standard InChI is InChI=1S/C14H21N3O2S/c1-17(2)14(6-3-7-14)8-15-13-16-11-9(12(18)19)4-5-10(11)20-13/h9H,3-8H2,1-2H3,(H,15,16)(H,18,19). The van der Waals surface area contributed by atoms with Crippen LogP contribution < -0.4 is 5.32 Å². The second-order valence-electron chi connectivity index (χ2n) is 6.08. The van der Waals surface area contributed by atoms with Crippen LogP contribution in [0.1, 0.15) is 42.2 Å². The Morgan fingerprint density at radius 1 is 1.55 bits per heavy atom. The number of hydrogen-bond donors (Lipinski definition) is 2. The van der Waals surface area contributed by atoms with E-state index in [2.05, 4.69) is 29.3 Å². The fraction of sp³-hybridized carbons (Fsp3) is 0.714. The van der Waals surface area contributed by atoms with Crippen molar-refractivity contribution in [3.63, 3.8) is 0 Å². The van der Waals surface area contributed by atoms with Gasteiger partial charge in [0, 0.05) is 17.0 Å². The first-order valence-electron chi connectivity index (χ1n) is 7.15. The summed E-state index contributed by atoms with van der Waals surface area (Å²) in [7, 11) is 4.26. The van der Waals surface area contributed by atoms with Crippen LogP contribution in [0.3, 0.4) is 0 Å². The van der Waals surface area contributed by atoms with Crippen LogP contribution in [0.15, 0.2) is 0 Å². The number of carbonyl (C=O) groups is 1. The summed E-state index contributed by atoms with van der Waals surface area (Å²) in [6.45, 7) is 0.893. The SMILES string of the molecule is CN(C)C1(CNc2nc3c(s2)CCC3C(=O)O)CCC1. The van der Waals surface area contributed by atoms with Crippen molar-refractivity contribution < 1.29 is 9.90 Å². The lowest BCUT2D eigenvalue weighted by Crippen LogP contribution is -2.54. The molecule has 2 N–H and O–H groups in total. The molecule has 1 heterocycles. The van der Waals surface area contributed by atoms with E-state index in [0.29, 0.717) is 6.42 Å². The topological polar surface area (TPSA) is 65.5 Å². The molecule has 0 spiro atoms. The van der Waals surface area contributed by atoms with Gasteiger partial charge < -0.3 is 15.3 Å². The third-order valence-electron chi connectivity index (χ3n) is 4.82. The molecular formula is C14H21N3O2S. The molecule has 0 saturated heterocycles. The Bertz CT molecular complexity index is 522. The van der Waals surface area contributed by atoms with Crippen LogP contribution in [-0.2, 0) is 11.2 Å². The number of carboxylic acid groups (broad SMARTS) is 1. The van der Waals surface area contributed by atoms with E-state index >= 15 is 0 Å². The first-order chi connectivity index (χ1) is 9.52. The van der Waals surface area contributed by atoms with Crippen LogP contribution >= 0.6 is 11.3 Å². The summed E-state index contributed by atoms with van der Waals surface area (Å²) in [6, 6.07) is 0. The number of anilines is 1. The third kappa shape index (κ3) is 2.20. The number of rotatable bonds is 5. The molecule has 2 aliphatic carbocycles. The van der Waals surface area contributed by atoms with E-state index in [1.807, 2.05) is 0 Å². The van der Waals surface area contributed by atoms with E-state index in [1.165, 1.54) is 19.3 Å². The lowest BCUT2D eigenvalue weighted by molar-refractivity contribution is -0.138. The molecule has 0 aromatic carbocycles. The van der Waals surface area contributed by atoms with Gasteiger partial charge in [-0.3, -0.25) is 4.79 Å². The minimum absolute atomic E-state index is 0.252.